The van der Waals surface area contributed by atoms with Crippen molar-refractivity contribution < 1.29 is 4.79 Å². The van der Waals surface area contributed by atoms with Crippen molar-refractivity contribution in [3.63, 3.8) is 0 Å². The molecule has 0 radical (unpaired) electrons. The summed E-state index contributed by atoms with van der Waals surface area (Å²) in [5.74, 6) is -0.266. The van der Waals surface area contributed by atoms with Crippen molar-refractivity contribution in [2.24, 2.45) is 5.73 Å². The minimum absolute atomic E-state index is 0.266. The summed E-state index contributed by atoms with van der Waals surface area (Å²) >= 11 is 16.7. The van der Waals surface area contributed by atoms with Crippen LogP contribution in [-0.2, 0) is 6.54 Å². The van der Waals surface area contributed by atoms with Gasteiger partial charge in [0.15, 0.2) is 0 Å². The van der Waals surface area contributed by atoms with Crippen LogP contribution in [0.5, 0.6) is 0 Å². The number of rotatable bonds is 4. The van der Waals surface area contributed by atoms with Gasteiger partial charge in [-0.3, -0.25) is 4.79 Å². The second kappa shape index (κ2) is 6.89. The molecule has 6 heteroatoms. The van der Waals surface area contributed by atoms with E-state index in [1.54, 1.807) is 12.1 Å². The monoisotopic (exact) mass is 338 g/mol. The van der Waals surface area contributed by atoms with E-state index < -0.39 is 0 Å². The van der Waals surface area contributed by atoms with Crippen LogP contribution in [0.1, 0.15) is 21.5 Å². The molecule has 2 aromatic carbocycles. The Balaban J connectivity index is 2.07. The van der Waals surface area contributed by atoms with Crippen LogP contribution in [0.3, 0.4) is 0 Å². The highest BCUT2D eigenvalue weighted by atomic mass is 35.5. The number of nitrogens with two attached hydrogens (primary N) is 1. The number of thiocarbonyl (C=S) groups is 1. The maximum Gasteiger partial charge on any atom is 0.253 e. The van der Waals surface area contributed by atoms with Gasteiger partial charge in [-0.1, -0.05) is 53.6 Å². The molecule has 0 aliphatic heterocycles. The molecule has 0 atom stereocenters. The van der Waals surface area contributed by atoms with Crippen molar-refractivity contribution in [1.29, 1.82) is 0 Å². The summed E-state index contributed by atoms with van der Waals surface area (Å²) in [7, 11) is 0. The molecule has 3 N–H and O–H groups in total. The van der Waals surface area contributed by atoms with Gasteiger partial charge in [-0.05, 0) is 29.8 Å². The van der Waals surface area contributed by atoms with Crippen molar-refractivity contribution in [2.75, 3.05) is 0 Å². The third-order valence-electron chi connectivity index (χ3n) is 2.84. The molecule has 21 heavy (non-hydrogen) atoms. The fraction of sp³-hybridized carbons (Fsp3) is 0.0667. The molecule has 0 spiro atoms. The zero-order valence-corrected chi connectivity index (χ0v) is 13.2. The van der Waals surface area contributed by atoms with Gasteiger partial charge in [0.25, 0.3) is 5.91 Å². The summed E-state index contributed by atoms with van der Waals surface area (Å²) in [4.78, 5) is 12.4. The lowest BCUT2D eigenvalue weighted by Crippen LogP contribution is -2.23. The number of hydrogen-bond donors (Lipinski definition) is 2. The van der Waals surface area contributed by atoms with Crippen LogP contribution in [0.25, 0.3) is 0 Å². The highest BCUT2D eigenvalue weighted by Crippen LogP contribution is 2.20. The molecule has 108 valence electrons. The van der Waals surface area contributed by atoms with E-state index in [9.17, 15) is 4.79 Å². The standard InChI is InChI=1S/C15H12Cl2N2OS/c16-11-4-5-12(13(17)7-11)15(20)19-8-9-2-1-3-10(6-9)14(18)21/h1-7H,8H2,(H2,18,21)(H,19,20). The van der Waals surface area contributed by atoms with Crippen LogP contribution >= 0.6 is 35.4 Å². The first-order valence-electron chi connectivity index (χ1n) is 6.09. The third kappa shape index (κ3) is 4.17. The molecule has 0 fully saturated rings. The molecular weight excluding hydrogens is 327 g/mol. The van der Waals surface area contributed by atoms with Crippen molar-refractivity contribution in [3.05, 3.63) is 69.2 Å². The Morgan fingerprint density at radius 2 is 1.95 bits per heavy atom. The number of hydrogen-bond acceptors (Lipinski definition) is 2. The highest BCUT2D eigenvalue weighted by molar-refractivity contribution is 7.80. The van der Waals surface area contributed by atoms with E-state index in [1.807, 2.05) is 24.3 Å². The molecule has 0 saturated heterocycles. The summed E-state index contributed by atoms with van der Waals surface area (Å²) < 4.78 is 0. The zero-order valence-electron chi connectivity index (χ0n) is 10.9. The van der Waals surface area contributed by atoms with E-state index in [1.165, 1.54) is 6.07 Å². The van der Waals surface area contributed by atoms with Crippen molar-refractivity contribution >= 4 is 46.3 Å². The maximum absolute atomic E-state index is 12.1. The molecule has 1 amide bonds. The van der Waals surface area contributed by atoms with Crippen LogP contribution in [0, 0.1) is 0 Å². The number of carbonyl (C=O) groups is 1. The average Bonchev–Trinajstić information content (AvgIpc) is 2.45. The van der Waals surface area contributed by atoms with Crippen LogP contribution in [0.4, 0.5) is 0 Å². The number of halogens is 2. The Kier molecular flexibility index (Phi) is 5.17. The first-order chi connectivity index (χ1) is 9.97. The molecule has 0 heterocycles. The van der Waals surface area contributed by atoms with E-state index in [-0.39, 0.29) is 5.91 Å². The lowest BCUT2D eigenvalue weighted by molar-refractivity contribution is 0.0951. The summed E-state index contributed by atoms with van der Waals surface area (Å²) in [5, 5.41) is 3.59. The van der Waals surface area contributed by atoms with Crippen LogP contribution in [-0.4, -0.2) is 10.9 Å². The minimum Gasteiger partial charge on any atom is -0.389 e. The summed E-state index contributed by atoms with van der Waals surface area (Å²) in [5.41, 5.74) is 7.63. The third-order valence-corrected chi connectivity index (χ3v) is 3.62. The topological polar surface area (TPSA) is 55.1 Å². The predicted octanol–water partition coefficient (Wildman–Crippen LogP) is 3.56. The van der Waals surface area contributed by atoms with Gasteiger partial charge in [0.05, 0.1) is 10.6 Å². The Morgan fingerprint density at radius 1 is 1.19 bits per heavy atom. The Labute approximate surface area is 138 Å². The minimum atomic E-state index is -0.266. The van der Waals surface area contributed by atoms with Crippen LogP contribution < -0.4 is 11.1 Å². The molecule has 2 rings (SSSR count). The molecular formula is C15H12Cl2N2OS. The molecule has 0 unspecified atom stereocenters. The SMILES string of the molecule is NC(=S)c1cccc(CNC(=O)c2ccc(Cl)cc2Cl)c1. The van der Waals surface area contributed by atoms with Crippen LogP contribution in [0.2, 0.25) is 10.0 Å². The van der Waals surface area contributed by atoms with Gasteiger partial charge < -0.3 is 11.1 Å². The van der Waals surface area contributed by atoms with Gasteiger partial charge >= 0.3 is 0 Å². The summed E-state index contributed by atoms with van der Waals surface area (Å²) in [6.45, 7) is 0.355. The molecule has 2 aromatic rings. The predicted molar refractivity (Wildman–Crippen MR) is 90.0 cm³/mol. The van der Waals surface area contributed by atoms with Gasteiger partial charge in [0.2, 0.25) is 0 Å². The lowest BCUT2D eigenvalue weighted by Gasteiger charge is -2.08. The van der Waals surface area contributed by atoms with Crippen molar-refractivity contribution in [2.45, 2.75) is 6.54 Å². The fourth-order valence-electron chi connectivity index (χ4n) is 1.79. The summed E-state index contributed by atoms with van der Waals surface area (Å²) in [6.07, 6.45) is 0. The second-order valence-electron chi connectivity index (χ2n) is 4.37. The van der Waals surface area contributed by atoms with Crippen molar-refractivity contribution in [3.8, 4) is 0 Å². The largest absolute Gasteiger partial charge is 0.389 e. The van der Waals surface area contributed by atoms with Gasteiger partial charge in [-0.25, -0.2) is 0 Å². The fourth-order valence-corrected chi connectivity index (χ4v) is 2.41. The molecule has 0 aromatic heterocycles. The Bertz CT molecular complexity index is 704. The average molecular weight is 339 g/mol. The Hall–Kier alpha value is -1.62. The van der Waals surface area contributed by atoms with Gasteiger partial charge in [0.1, 0.15) is 4.99 Å². The molecule has 0 saturated carbocycles. The lowest BCUT2D eigenvalue weighted by atomic mass is 10.1. The van der Waals surface area contributed by atoms with E-state index in [0.717, 1.165) is 11.1 Å². The van der Waals surface area contributed by atoms with Crippen LogP contribution in [0.15, 0.2) is 42.5 Å². The molecule has 0 bridgehead atoms. The summed E-state index contributed by atoms with van der Waals surface area (Å²) in [6, 6.07) is 12.1. The number of amides is 1. The highest BCUT2D eigenvalue weighted by Gasteiger charge is 2.10. The van der Waals surface area contributed by atoms with E-state index in [0.29, 0.717) is 27.1 Å². The Morgan fingerprint density at radius 3 is 2.62 bits per heavy atom. The second-order valence-corrected chi connectivity index (χ2v) is 5.65. The van der Waals surface area contributed by atoms with E-state index in [4.69, 9.17) is 41.2 Å². The number of benzene rings is 2. The van der Waals surface area contributed by atoms with Gasteiger partial charge in [0, 0.05) is 17.1 Å². The van der Waals surface area contributed by atoms with E-state index >= 15 is 0 Å². The smallest absolute Gasteiger partial charge is 0.253 e. The maximum atomic E-state index is 12.1. The normalized spacial score (nSPS) is 10.2. The zero-order chi connectivity index (χ0) is 15.4. The first-order valence-corrected chi connectivity index (χ1v) is 7.26. The van der Waals surface area contributed by atoms with Crippen molar-refractivity contribution in [1.82, 2.24) is 5.32 Å². The van der Waals surface area contributed by atoms with Gasteiger partial charge in [-0.2, -0.15) is 0 Å². The van der Waals surface area contributed by atoms with Gasteiger partial charge in [-0.15, -0.1) is 0 Å². The first kappa shape index (κ1) is 15.8. The number of nitrogens with one attached hydrogen (secondary N) is 1. The molecule has 0 aliphatic carbocycles. The van der Waals surface area contributed by atoms with E-state index in [2.05, 4.69) is 5.32 Å². The number of carbonyl (C=O) groups excluding carboxylic acids is 1. The molecule has 0 aliphatic rings. The molecule has 3 nitrogen and oxygen atoms in total. The quantitative estimate of drug-likeness (QED) is 0.838.